The summed E-state index contributed by atoms with van der Waals surface area (Å²) in [6, 6.07) is 21.0. The van der Waals surface area contributed by atoms with Crippen molar-refractivity contribution in [2.24, 2.45) is 0 Å². The molecular weight excluding hydrogens is 1190 g/mol. The molecule has 0 spiro atoms. The van der Waals surface area contributed by atoms with Crippen molar-refractivity contribution in [1.82, 2.24) is 28.7 Å². The topological polar surface area (TPSA) is 272 Å². The van der Waals surface area contributed by atoms with Crippen LogP contribution in [0.1, 0.15) is 62.9 Å². The molecule has 3 fully saturated rings. The fourth-order valence-corrected chi connectivity index (χ4v) is 10.8. The van der Waals surface area contributed by atoms with Crippen molar-refractivity contribution < 1.29 is 78.6 Å². The number of alkyl halides is 3. The summed E-state index contributed by atoms with van der Waals surface area (Å²) < 4.78 is 119. The molecule has 12 rings (SSSR count). The van der Waals surface area contributed by atoms with Gasteiger partial charge in [-0.25, -0.2) is 14.4 Å². The van der Waals surface area contributed by atoms with Crippen molar-refractivity contribution >= 4 is 10.1 Å². The van der Waals surface area contributed by atoms with Crippen LogP contribution < -0.4 is 35.5 Å². The predicted molar refractivity (Wildman–Crippen MR) is 319 cm³/mol. The van der Waals surface area contributed by atoms with Gasteiger partial charge in [0.15, 0.2) is 0 Å². The standard InChI is InChI=1S/C21H26N2O5.C21H22N2O5.C18H17F3N2O7S.2CH4/c2*1-14(24)2-3-15-4-5-18-16(10-15)6-7-23-19(18)11-20(22-21(23)25)28-13-17-12-26-8-9-27-17;19-18(20,21)31(25,26)30-12-1-2-14-11(7-12)3-4-23-15(14)8-16(22-17(23)24)29-10-13-9-27-5-6-28-13;;/h4-5,10-11,14,17,24H,2-3,6-9,12-13H2,1H3;4-5,10-11,14,17,24H,6-9,12-13H2,1H3;1-2,7-8,13H,3-6,9-10H2;2*1H4/t2*14?,17-;13-;;/m000../s1. The molecule has 0 saturated carbocycles. The molecule has 27 heteroatoms. The second-order valence-corrected chi connectivity index (χ2v) is 22.7. The first-order valence-corrected chi connectivity index (χ1v) is 29.8. The van der Waals surface area contributed by atoms with Crippen LogP contribution >= 0.6 is 0 Å². The predicted octanol–water partition coefficient (Wildman–Crippen LogP) is 5.33. The lowest BCUT2D eigenvalue weighted by atomic mass is 9.94. The first-order valence-electron chi connectivity index (χ1n) is 28.4. The SMILES string of the molecule is C.C.CC(O)C#Cc1ccc2c(c1)CCn1c-2cc(OC[C@@H]2COCCO2)nc1=O.CC(O)CCc1ccc2c(c1)CCn1c-2cc(OC[C@@H]2COCCO2)nc1=O.O=c1nc(OC[C@@H]2COCCO2)cc2n1CCc1cc(OS(=O)(=O)C(F)(F)F)ccc1-2. The van der Waals surface area contributed by atoms with Gasteiger partial charge >= 0.3 is 32.7 Å². The summed E-state index contributed by atoms with van der Waals surface area (Å²) in [5, 5.41) is 18.9. The highest BCUT2D eigenvalue weighted by Crippen LogP contribution is 2.36. The minimum Gasteiger partial charge on any atom is -0.475 e. The molecule has 2 unspecified atom stereocenters. The van der Waals surface area contributed by atoms with Crippen molar-refractivity contribution in [3.63, 3.8) is 0 Å². The monoisotopic (exact) mass is 1260 g/mol. The number of ether oxygens (including phenoxy) is 9. The molecule has 6 aromatic rings. The minimum absolute atomic E-state index is 0. The van der Waals surface area contributed by atoms with Crippen molar-refractivity contribution in [3.8, 4) is 69.0 Å². The quantitative estimate of drug-likeness (QED) is 0.0792. The van der Waals surface area contributed by atoms with E-state index < -0.39 is 33.2 Å². The maximum absolute atomic E-state index is 12.6. The van der Waals surface area contributed by atoms with Crippen LogP contribution in [0.3, 0.4) is 0 Å². The Balaban J connectivity index is 0.000000171. The third-order valence-electron chi connectivity index (χ3n) is 14.6. The third kappa shape index (κ3) is 17.3. The van der Waals surface area contributed by atoms with Gasteiger partial charge in [-0.15, -0.1) is 0 Å². The Hall–Kier alpha value is -7.52. The summed E-state index contributed by atoms with van der Waals surface area (Å²) >= 11 is 0. The van der Waals surface area contributed by atoms with Gasteiger partial charge in [-0.3, -0.25) is 13.7 Å². The zero-order chi connectivity index (χ0) is 61.2. The molecule has 89 heavy (non-hydrogen) atoms. The zero-order valence-electron chi connectivity index (χ0n) is 47.7. The van der Waals surface area contributed by atoms with Crippen LogP contribution in [0.15, 0.2) is 87.2 Å². The Labute approximate surface area is 512 Å². The Morgan fingerprint density at radius 3 is 1.42 bits per heavy atom. The molecule has 0 amide bonds. The number of nitrogens with zero attached hydrogens (tertiary/aromatic N) is 6. The largest absolute Gasteiger partial charge is 0.534 e. The number of fused-ring (bicyclic) bond motifs is 9. The smallest absolute Gasteiger partial charge is 0.475 e. The van der Waals surface area contributed by atoms with Crippen LogP contribution in [0.4, 0.5) is 13.2 Å². The fourth-order valence-electron chi connectivity index (χ4n) is 10.3. The number of aryl methyl sites for hydroxylation is 4. The van der Waals surface area contributed by atoms with Gasteiger partial charge in [0, 0.05) is 60.1 Å². The maximum Gasteiger partial charge on any atom is 0.534 e. The molecule has 23 nitrogen and oxygen atoms in total. The van der Waals surface area contributed by atoms with Crippen molar-refractivity contribution in [2.75, 3.05) is 79.3 Å². The van der Waals surface area contributed by atoms with Crippen molar-refractivity contribution in [3.05, 3.63) is 132 Å². The fraction of sp³-hybridized carbons (Fsp3) is 0.484. The normalized spacial score (nSPS) is 18.7. The van der Waals surface area contributed by atoms with E-state index in [9.17, 15) is 46.2 Å². The molecule has 2 N–H and O–H groups in total. The number of rotatable bonds is 14. The van der Waals surface area contributed by atoms with Crippen molar-refractivity contribution in [2.45, 2.75) is 116 Å². The Morgan fingerprint density at radius 1 is 0.596 bits per heavy atom. The van der Waals surface area contributed by atoms with E-state index in [1.54, 1.807) is 29.0 Å². The summed E-state index contributed by atoms with van der Waals surface area (Å²) in [5.41, 5.74) is 2.80. The van der Waals surface area contributed by atoms with Gasteiger partial charge in [-0.2, -0.15) is 36.5 Å². The van der Waals surface area contributed by atoms with Crippen LogP contribution in [0.2, 0.25) is 0 Å². The summed E-state index contributed by atoms with van der Waals surface area (Å²) in [6.45, 7) is 10.1. The Morgan fingerprint density at radius 2 is 1.01 bits per heavy atom. The molecule has 0 aliphatic carbocycles. The van der Waals surface area contributed by atoms with Gasteiger partial charge in [-0.05, 0) is 98.5 Å². The van der Waals surface area contributed by atoms with E-state index >= 15 is 0 Å². The molecule has 6 aliphatic rings. The number of aliphatic hydroxyl groups excluding tert-OH is 2. The molecular formula is C62H73F3N6O17S. The number of hydrogen-bond donors (Lipinski definition) is 2. The minimum atomic E-state index is -5.78. The van der Waals surface area contributed by atoms with E-state index in [0.29, 0.717) is 102 Å². The highest BCUT2D eigenvalue weighted by molar-refractivity contribution is 7.88. The zero-order valence-corrected chi connectivity index (χ0v) is 48.5. The lowest BCUT2D eigenvalue weighted by molar-refractivity contribution is -0.102. The lowest BCUT2D eigenvalue weighted by Gasteiger charge is -2.24. The van der Waals surface area contributed by atoms with Crippen LogP contribution in [-0.4, -0.2) is 163 Å². The number of aliphatic hydroxyl groups is 2. The molecule has 5 atom stereocenters. The molecule has 3 aromatic carbocycles. The number of aromatic nitrogens is 6. The summed E-state index contributed by atoms with van der Waals surface area (Å²) in [4.78, 5) is 49.3. The molecule has 6 aliphatic heterocycles. The van der Waals surface area contributed by atoms with Crippen LogP contribution in [0.25, 0.3) is 33.8 Å². The average molecular weight is 1260 g/mol. The van der Waals surface area contributed by atoms with Gasteiger partial charge in [0.2, 0.25) is 17.6 Å². The molecule has 0 bridgehead atoms. The highest BCUT2D eigenvalue weighted by atomic mass is 32.2. The number of benzene rings is 3. The average Bonchev–Trinajstić information content (AvgIpc) is 3.68. The van der Waals surface area contributed by atoms with Gasteiger partial charge in [0.25, 0.3) is 0 Å². The van der Waals surface area contributed by atoms with Gasteiger partial charge in [0.1, 0.15) is 50.0 Å². The van der Waals surface area contributed by atoms with E-state index in [1.807, 2.05) is 24.3 Å². The summed E-state index contributed by atoms with van der Waals surface area (Å²) in [6.07, 6.45) is 1.81. The van der Waals surface area contributed by atoms with Gasteiger partial charge in [-0.1, -0.05) is 51.0 Å². The second kappa shape index (κ2) is 30.3. The number of hydrogen-bond acceptors (Lipinski definition) is 20. The van der Waals surface area contributed by atoms with E-state index in [2.05, 4.69) is 49.2 Å². The van der Waals surface area contributed by atoms with Crippen LogP contribution in [0.5, 0.6) is 23.4 Å². The summed E-state index contributed by atoms with van der Waals surface area (Å²) in [7, 11) is -5.78. The van der Waals surface area contributed by atoms with Crippen LogP contribution in [-0.2, 0) is 83.9 Å². The third-order valence-corrected chi connectivity index (χ3v) is 15.6. The number of halogens is 3. The molecule has 480 valence electrons. The molecule has 3 aromatic heterocycles. The molecule has 0 radical (unpaired) electrons. The Bertz CT molecular complexity index is 3790. The Kier molecular flexibility index (Phi) is 23.0. The first-order chi connectivity index (χ1) is 41.8. The van der Waals surface area contributed by atoms with E-state index in [4.69, 9.17) is 42.6 Å². The second-order valence-electron chi connectivity index (χ2n) is 21.1. The maximum atomic E-state index is 12.6. The summed E-state index contributed by atoms with van der Waals surface area (Å²) in [5.74, 6) is 5.92. The van der Waals surface area contributed by atoms with E-state index in [-0.39, 0.29) is 88.6 Å². The molecule has 9 heterocycles. The molecule has 3 saturated heterocycles. The lowest BCUT2D eigenvalue weighted by Crippen LogP contribution is -2.34. The van der Waals surface area contributed by atoms with Gasteiger partial charge < -0.3 is 57.0 Å². The van der Waals surface area contributed by atoms with Crippen LogP contribution in [0, 0.1) is 11.8 Å². The van der Waals surface area contributed by atoms with Crippen molar-refractivity contribution in [1.29, 1.82) is 0 Å². The van der Waals surface area contributed by atoms with E-state index in [0.717, 1.165) is 65.4 Å². The first kappa shape index (κ1) is 67.4. The van der Waals surface area contributed by atoms with E-state index in [1.165, 1.54) is 33.9 Å². The highest BCUT2D eigenvalue weighted by Gasteiger charge is 2.48. The van der Waals surface area contributed by atoms with Gasteiger partial charge in [0.05, 0.1) is 82.6 Å².